The number of nitriles is 1. The molecule has 8 nitrogen and oxygen atoms in total. The number of aromatic nitrogens is 2. The lowest BCUT2D eigenvalue weighted by Crippen LogP contribution is -2.42. The molecule has 1 aromatic heterocycles. The minimum absolute atomic E-state index is 0.0717. The largest absolute Gasteiger partial charge is 0.423 e. The summed E-state index contributed by atoms with van der Waals surface area (Å²) in [6, 6.07) is 9.73. The van der Waals surface area contributed by atoms with Gasteiger partial charge in [0.05, 0.1) is 11.5 Å². The number of nitrogens with two attached hydrogens (primary N) is 1. The van der Waals surface area contributed by atoms with Crippen molar-refractivity contribution in [1.29, 1.82) is 5.26 Å². The fourth-order valence-electron chi connectivity index (χ4n) is 3.59. The van der Waals surface area contributed by atoms with Gasteiger partial charge in [-0.05, 0) is 31.5 Å². The fraction of sp³-hybridized carbons (Fsp3) is 0.350. The Morgan fingerprint density at radius 2 is 1.75 bits per heavy atom. The number of rotatable bonds is 4. The zero-order valence-electron chi connectivity index (χ0n) is 16.4. The van der Waals surface area contributed by atoms with Crippen LogP contribution in [0.3, 0.4) is 0 Å². The Morgan fingerprint density at radius 3 is 2.29 bits per heavy atom. The number of hydrogen-bond acceptors (Lipinski definition) is 6. The quantitative estimate of drug-likeness (QED) is 0.851. The van der Waals surface area contributed by atoms with Gasteiger partial charge < -0.3 is 15.4 Å². The van der Waals surface area contributed by atoms with Gasteiger partial charge in [-0.2, -0.15) is 5.26 Å². The molecule has 1 aromatic carbocycles. The first-order valence-electron chi connectivity index (χ1n) is 9.08. The molecule has 0 fully saturated rings. The van der Waals surface area contributed by atoms with E-state index >= 15 is 0 Å². The van der Waals surface area contributed by atoms with E-state index < -0.39 is 17.2 Å². The van der Waals surface area contributed by atoms with Gasteiger partial charge in [-0.3, -0.25) is 13.9 Å². The van der Waals surface area contributed by atoms with Crippen LogP contribution in [0, 0.1) is 11.3 Å². The lowest BCUT2D eigenvalue weighted by molar-refractivity contribution is 0.348. The summed E-state index contributed by atoms with van der Waals surface area (Å²) >= 11 is 0. The Bertz CT molecular complexity index is 1100. The summed E-state index contributed by atoms with van der Waals surface area (Å²) in [6.45, 7) is 5.89. The molecule has 28 heavy (non-hydrogen) atoms. The van der Waals surface area contributed by atoms with Gasteiger partial charge in [0.15, 0.2) is 0 Å². The number of allylic oxidation sites excluding steroid dienone is 1. The van der Waals surface area contributed by atoms with E-state index in [0.29, 0.717) is 0 Å². The SMILES string of the molecule is CCN(CC)c1ccc([C@@H]2C(C#N)=C(N)Oc3c2c(=O)n(C)c(=O)n3C)cc1. The van der Waals surface area contributed by atoms with Gasteiger partial charge in [0.25, 0.3) is 5.56 Å². The zero-order chi connectivity index (χ0) is 20.6. The number of ether oxygens (including phenoxy) is 1. The van der Waals surface area contributed by atoms with Gasteiger partial charge >= 0.3 is 5.69 Å². The van der Waals surface area contributed by atoms with E-state index in [4.69, 9.17) is 10.5 Å². The molecule has 0 radical (unpaired) electrons. The van der Waals surface area contributed by atoms with E-state index in [1.807, 2.05) is 24.3 Å². The van der Waals surface area contributed by atoms with E-state index in [1.165, 1.54) is 18.7 Å². The highest BCUT2D eigenvalue weighted by Crippen LogP contribution is 2.39. The molecule has 1 atom stereocenters. The molecular weight excluding hydrogens is 358 g/mol. The third-order valence-corrected chi connectivity index (χ3v) is 5.17. The second-order valence-electron chi connectivity index (χ2n) is 6.61. The van der Waals surface area contributed by atoms with E-state index in [1.54, 1.807) is 0 Å². The first-order valence-corrected chi connectivity index (χ1v) is 9.08. The highest BCUT2D eigenvalue weighted by atomic mass is 16.5. The predicted octanol–water partition coefficient (Wildman–Crippen LogP) is 1.15. The van der Waals surface area contributed by atoms with Crippen LogP contribution >= 0.6 is 0 Å². The summed E-state index contributed by atoms with van der Waals surface area (Å²) in [7, 11) is 2.91. The van der Waals surface area contributed by atoms with E-state index in [-0.39, 0.29) is 22.9 Å². The molecule has 0 aliphatic carbocycles. The summed E-state index contributed by atoms with van der Waals surface area (Å²) in [5.41, 5.74) is 7.10. The number of hydrogen-bond donors (Lipinski definition) is 1. The first kappa shape index (κ1) is 19.3. The molecule has 2 aromatic rings. The molecular formula is C20H23N5O3. The van der Waals surface area contributed by atoms with E-state index in [0.717, 1.165) is 28.9 Å². The number of benzene rings is 1. The van der Waals surface area contributed by atoms with Gasteiger partial charge in [0, 0.05) is 32.9 Å². The van der Waals surface area contributed by atoms with Gasteiger partial charge in [0.2, 0.25) is 11.8 Å². The van der Waals surface area contributed by atoms with Gasteiger partial charge in [-0.1, -0.05) is 12.1 Å². The molecule has 0 bridgehead atoms. The molecule has 2 N–H and O–H groups in total. The van der Waals surface area contributed by atoms with Crippen LogP contribution in [0.25, 0.3) is 0 Å². The third-order valence-electron chi connectivity index (χ3n) is 5.17. The molecule has 8 heteroatoms. The lowest BCUT2D eigenvalue weighted by atomic mass is 9.85. The Balaban J connectivity index is 2.25. The normalized spacial score (nSPS) is 15.6. The van der Waals surface area contributed by atoms with E-state index in [2.05, 4.69) is 24.8 Å². The van der Waals surface area contributed by atoms with Gasteiger partial charge in [0.1, 0.15) is 11.6 Å². The standard InChI is InChI=1S/C20H23N5O3/c1-5-25(6-2)13-9-7-12(8-10-13)15-14(11-21)17(22)28-19-16(15)18(26)23(3)20(27)24(19)4/h7-10,15H,5-6,22H2,1-4H3/t15-/m1/s1. The first-order chi connectivity index (χ1) is 13.3. The van der Waals surface area contributed by atoms with Crippen LogP contribution in [0.2, 0.25) is 0 Å². The Labute approximate surface area is 162 Å². The summed E-state index contributed by atoms with van der Waals surface area (Å²) in [6.07, 6.45) is 0. The molecule has 0 saturated heterocycles. The smallest absolute Gasteiger partial charge is 0.333 e. The number of fused-ring (bicyclic) bond motifs is 1. The van der Waals surface area contributed by atoms with Crippen molar-refractivity contribution < 1.29 is 4.74 Å². The average molecular weight is 381 g/mol. The van der Waals surface area contributed by atoms with Crippen molar-refractivity contribution in [2.24, 2.45) is 19.8 Å². The summed E-state index contributed by atoms with van der Waals surface area (Å²) in [5, 5.41) is 9.67. The highest BCUT2D eigenvalue weighted by Gasteiger charge is 2.35. The predicted molar refractivity (Wildman–Crippen MR) is 106 cm³/mol. The highest BCUT2D eigenvalue weighted by molar-refractivity contribution is 5.56. The van der Waals surface area contributed by atoms with Crippen LogP contribution in [-0.4, -0.2) is 22.2 Å². The minimum atomic E-state index is -0.704. The zero-order valence-corrected chi connectivity index (χ0v) is 16.4. The molecule has 0 amide bonds. The van der Waals surface area contributed by atoms with Gasteiger partial charge in [-0.25, -0.2) is 4.79 Å². The maximum absolute atomic E-state index is 12.9. The number of anilines is 1. The Kier molecular flexibility index (Phi) is 5.01. The van der Waals surface area contributed by atoms with Crippen LogP contribution < -0.4 is 26.6 Å². The average Bonchev–Trinajstić information content (AvgIpc) is 2.71. The molecule has 1 aliphatic heterocycles. The van der Waals surface area contributed by atoms with Crippen molar-refractivity contribution in [3.63, 3.8) is 0 Å². The minimum Gasteiger partial charge on any atom is -0.423 e. The van der Waals surface area contributed by atoms with Crippen molar-refractivity contribution in [1.82, 2.24) is 9.13 Å². The third kappa shape index (κ3) is 2.85. The van der Waals surface area contributed by atoms with Crippen LogP contribution in [-0.2, 0) is 14.1 Å². The van der Waals surface area contributed by atoms with E-state index in [9.17, 15) is 14.9 Å². The Morgan fingerprint density at radius 1 is 1.14 bits per heavy atom. The summed E-state index contributed by atoms with van der Waals surface area (Å²) < 4.78 is 7.75. The molecule has 0 spiro atoms. The van der Waals surface area contributed by atoms with Crippen molar-refractivity contribution in [3.05, 3.63) is 67.7 Å². The lowest BCUT2D eigenvalue weighted by Gasteiger charge is -2.28. The maximum Gasteiger partial charge on any atom is 0.333 e. The molecule has 0 saturated carbocycles. The molecule has 146 valence electrons. The van der Waals surface area contributed by atoms with Crippen molar-refractivity contribution >= 4 is 5.69 Å². The summed E-state index contributed by atoms with van der Waals surface area (Å²) in [4.78, 5) is 27.4. The van der Waals surface area contributed by atoms with Crippen LogP contribution in [0.4, 0.5) is 5.69 Å². The van der Waals surface area contributed by atoms with Crippen molar-refractivity contribution in [2.45, 2.75) is 19.8 Å². The monoisotopic (exact) mass is 381 g/mol. The summed E-state index contributed by atoms with van der Waals surface area (Å²) in [5.74, 6) is -0.733. The van der Waals surface area contributed by atoms with Crippen LogP contribution in [0.5, 0.6) is 5.88 Å². The molecule has 3 rings (SSSR count). The Hall–Kier alpha value is -3.47. The molecule has 1 aliphatic rings. The van der Waals surface area contributed by atoms with Crippen LogP contribution in [0.15, 0.2) is 45.3 Å². The topological polar surface area (TPSA) is 106 Å². The fourth-order valence-corrected chi connectivity index (χ4v) is 3.59. The van der Waals surface area contributed by atoms with Crippen molar-refractivity contribution in [3.8, 4) is 11.9 Å². The number of nitrogens with zero attached hydrogens (tertiary/aromatic N) is 4. The second-order valence-corrected chi connectivity index (χ2v) is 6.61. The second kappa shape index (κ2) is 7.27. The molecule has 2 heterocycles. The maximum atomic E-state index is 12.9. The van der Waals surface area contributed by atoms with Crippen LogP contribution in [0.1, 0.15) is 30.9 Å². The van der Waals surface area contributed by atoms with Crippen molar-refractivity contribution in [2.75, 3.05) is 18.0 Å². The molecule has 0 unspecified atom stereocenters. The van der Waals surface area contributed by atoms with Gasteiger partial charge in [-0.15, -0.1) is 0 Å².